The first-order chi connectivity index (χ1) is 7.08. The Morgan fingerprint density at radius 1 is 1.27 bits per heavy atom. The number of hydrogen-bond acceptors (Lipinski definition) is 3. The first-order valence-electron chi connectivity index (χ1n) is 3.97. The average Bonchev–Trinajstić information content (AvgIpc) is 2.44. The minimum atomic E-state index is -0.701. The van der Waals surface area contributed by atoms with Gasteiger partial charge in [-0.3, -0.25) is 4.57 Å². The number of nitrogen functional groups attached to an aromatic ring is 1. The quantitative estimate of drug-likeness (QED) is 0.731. The fraction of sp³-hybridized carbons (Fsp3) is 0. The molecule has 2 rings (SSSR count). The van der Waals surface area contributed by atoms with E-state index in [0.29, 0.717) is 0 Å². The summed E-state index contributed by atoms with van der Waals surface area (Å²) < 4.78 is 27.3. The Hall–Kier alpha value is -1.76. The minimum absolute atomic E-state index is 0.0463. The van der Waals surface area contributed by atoms with Crippen LogP contribution in [0.25, 0.3) is 5.69 Å². The summed E-state index contributed by atoms with van der Waals surface area (Å²) in [6, 6.07) is 3.00. The van der Waals surface area contributed by atoms with E-state index < -0.39 is 11.6 Å². The molecule has 1 aromatic carbocycles. The Balaban J connectivity index is 2.69. The largest absolute Gasteiger partial charge is 0.368 e. The number of aromatic nitrogens is 3. The Kier molecular flexibility index (Phi) is 2.24. The molecule has 0 spiro atoms. The molecule has 0 bridgehead atoms. The Bertz CT molecular complexity index is 540. The first-order valence-corrected chi connectivity index (χ1v) is 4.38. The van der Waals surface area contributed by atoms with Crippen LogP contribution < -0.4 is 5.73 Å². The highest BCUT2D eigenvalue weighted by Crippen LogP contribution is 2.15. The molecule has 15 heavy (non-hydrogen) atoms. The lowest BCUT2D eigenvalue weighted by molar-refractivity contribution is 0.581. The van der Waals surface area contributed by atoms with Crippen molar-refractivity contribution in [2.75, 3.05) is 5.73 Å². The van der Waals surface area contributed by atoms with Crippen molar-refractivity contribution in [2.45, 2.75) is 0 Å². The second-order valence-electron chi connectivity index (χ2n) is 2.85. The van der Waals surface area contributed by atoms with Crippen molar-refractivity contribution >= 4 is 18.2 Å². The molecule has 1 aromatic heterocycles. The predicted octanol–water partition coefficient (Wildman–Crippen LogP) is 1.79. The van der Waals surface area contributed by atoms with E-state index in [9.17, 15) is 8.78 Å². The molecule has 0 unspecified atom stereocenters. The molecule has 0 saturated carbocycles. The minimum Gasteiger partial charge on any atom is -0.368 e. The van der Waals surface area contributed by atoms with Gasteiger partial charge in [-0.15, -0.1) is 5.10 Å². The maximum absolute atomic E-state index is 12.9. The molecule has 0 fully saturated rings. The van der Waals surface area contributed by atoms with Crippen molar-refractivity contribution in [3.05, 3.63) is 34.6 Å². The molecule has 0 atom stereocenters. The highest BCUT2D eigenvalue weighted by Gasteiger charge is 2.07. The van der Waals surface area contributed by atoms with Crippen molar-refractivity contribution in [1.82, 2.24) is 14.8 Å². The molecule has 0 aliphatic heterocycles. The fourth-order valence-corrected chi connectivity index (χ4v) is 1.47. The summed E-state index contributed by atoms with van der Waals surface area (Å²) in [5.74, 6) is -1.36. The van der Waals surface area contributed by atoms with Gasteiger partial charge in [0.05, 0.1) is 5.69 Å². The predicted molar refractivity (Wildman–Crippen MR) is 53.1 cm³/mol. The molecule has 0 saturated heterocycles. The summed E-state index contributed by atoms with van der Waals surface area (Å²) in [6.07, 6.45) is 0. The van der Waals surface area contributed by atoms with Gasteiger partial charge in [-0.1, -0.05) is 0 Å². The topological polar surface area (TPSA) is 59.6 Å². The molecule has 1 heterocycles. The Morgan fingerprint density at radius 3 is 2.33 bits per heavy atom. The zero-order valence-corrected chi connectivity index (χ0v) is 8.18. The third kappa shape index (κ3) is 1.73. The number of hydrogen-bond donors (Lipinski definition) is 2. The van der Waals surface area contributed by atoms with Crippen molar-refractivity contribution < 1.29 is 8.78 Å². The van der Waals surface area contributed by atoms with Crippen LogP contribution in [-0.4, -0.2) is 14.8 Å². The number of halogens is 2. The lowest BCUT2D eigenvalue weighted by Crippen LogP contribution is -2.01. The van der Waals surface area contributed by atoms with Crippen LogP contribution in [0, 0.1) is 16.4 Å². The molecular formula is C8H6F2N4S. The van der Waals surface area contributed by atoms with E-state index in [4.69, 9.17) is 18.0 Å². The van der Waals surface area contributed by atoms with E-state index in [1.165, 1.54) is 4.57 Å². The fourth-order valence-electron chi connectivity index (χ4n) is 1.23. The van der Waals surface area contributed by atoms with Crippen molar-refractivity contribution in [2.24, 2.45) is 0 Å². The Morgan fingerprint density at radius 2 is 1.87 bits per heavy atom. The van der Waals surface area contributed by atoms with Crippen LogP contribution in [0.1, 0.15) is 0 Å². The van der Waals surface area contributed by atoms with Gasteiger partial charge in [0.2, 0.25) is 10.7 Å². The number of nitrogens with two attached hydrogens (primary N) is 1. The maximum Gasteiger partial charge on any atom is 0.225 e. The number of aromatic amines is 1. The monoisotopic (exact) mass is 228 g/mol. The number of nitrogens with one attached hydrogen (secondary N) is 1. The van der Waals surface area contributed by atoms with Gasteiger partial charge in [0.1, 0.15) is 11.6 Å². The summed E-state index contributed by atoms with van der Waals surface area (Å²) in [5.41, 5.74) is 5.68. The Labute approximate surface area is 88.3 Å². The van der Waals surface area contributed by atoms with E-state index >= 15 is 0 Å². The molecule has 3 N–H and O–H groups in total. The normalized spacial score (nSPS) is 10.5. The number of benzene rings is 1. The van der Waals surface area contributed by atoms with E-state index in [0.717, 1.165) is 18.2 Å². The molecule has 0 aliphatic rings. The zero-order valence-electron chi connectivity index (χ0n) is 7.37. The van der Waals surface area contributed by atoms with Crippen LogP contribution in [0.5, 0.6) is 0 Å². The third-order valence-electron chi connectivity index (χ3n) is 1.80. The van der Waals surface area contributed by atoms with Crippen LogP contribution in [0.3, 0.4) is 0 Å². The molecule has 0 radical (unpaired) electrons. The maximum atomic E-state index is 12.9. The second-order valence-corrected chi connectivity index (χ2v) is 3.24. The standard InChI is InChI=1S/C8H6F2N4S/c9-4-1-5(10)3-6(2-4)14-7(11)12-13-8(14)15/h1-3H,(H2,11,12)(H,13,15). The second kappa shape index (κ2) is 3.43. The molecule has 0 aliphatic carbocycles. The SMILES string of the molecule is Nc1n[nH]c(=S)n1-c1cc(F)cc(F)c1. The van der Waals surface area contributed by atoms with Crippen LogP contribution in [-0.2, 0) is 0 Å². The summed E-state index contributed by atoms with van der Waals surface area (Å²) in [4.78, 5) is 0. The van der Waals surface area contributed by atoms with Crippen LogP contribution in [0.15, 0.2) is 18.2 Å². The summed E-state index contributed by atoms with van der Waals surface area (Å²) in [6.45, 7) is 0. The zero-order chi connectivity index (χ0) is 11.0. The first kappa shape index (κ1) is 9.78. The third-order valence-corrected chi connectivity index (χ3v) is 2.08. The number of H-pyrrole nitrogens is 1. The van der Waals surface area contributed by atoms with Gasteiger partial charge in [0, 0.05) is 6.07 Å². The van der Waals surface area contributed by atoms with Gasteiger partial charge in [0.15, 0.2) is 0 Å². The van der Waals surface area contributed by atoms with E-state index in [2.05, 4.69) is 10.2 Å². The highest BCUT2D eigenvalue weighted by atomic mass is 32.1. The van der Waals surface area contributed by atoms with Crippen molar-refractivity contribution in [1.29, 1.82) is 0 Å². The molecular weight excluding hydrogens is 222 g/mol. The van der Waals surface area contributed by atoms with Gasteiger partial charge in [0.25, 0.3) is 0 Å². The van der Waals surface area contributed by atoms with Crippen LogP contribution in [0.4, 0.5) is 14.7 Å². The lowest BCUT2D eigenvalue weighted by Gasteiger charge is -2.03. The number of anilines is 1. The van der Waals surface area contributed by atoms with Crippen molar-refractivity contribution in [3.63, 3.8) is 0 Å². The molecule has 78 valence electrons. The summed E-state index contributed by atoms with van der Waals surface area (Å²) >= 11 is 4.86. The van der Waals surface area contributed by atoms with Crippen LogP contribution >= 0.6 is 12.2 Å². The van der Waals surface area contributed by atoms with Gasteiger partial charge < -0.3 is 5.73 Å². The van der Waals surface area contributed by atoms with E-state index in [1.807, 2.05) is 0 Å². The average molecular weight is 228 g/mol. The number of nitrogens with zero attached hydrogens (tertiary/aromatic N) is 2. The van der Waals surface area contributed by atoms with Gasteiger partial charge >= 0.3 is 0 Å². The number of rotatable bonds is 1. The van der Waals surface area contributed by atoms with E-state index in [1.54, 1.807) is 0 Å². The highest BCUT2D eigenvalue weighted by molar-refractivity contribution is 7.71. The molecule has 7 heteroatoms. The lowest BCUT2D eigenvalue weighted by atomic mass is 10.3. The smallest absolute Gasteiger partial charge is 0.225 e. The van der Waals surface area contributed by atoms with Crippen LogP contribution in [0.2, 0.25) is 0 Å². The van der Waals surface area contributed by atoms with Gasteiger partial charge in [-0.05, 0) is 24.4 Å². The molecule has 4 nitrogen and oxygen atoms in total. The summed E-state index contributed by atoms with van der Waals surface area (Å²) in [5, 5.41) is 6.05. The van der Waals surface area contributed by atoms with Gasteiger partial charge in [-0.2, -0.15) is 0 Å². The molecule has 2 aromatic rings. The van der Waals surface area contributed by atoms with Gasteiger partial charge in [-0.25, -0.2) is 13.9 Å². The summed E-state index contributed by atoms with van der Waals surface area (Å²) in [7, 11) is 0. The van der Waals surface area contributed by atoms with Crippen molar-refractivity contribution in [3.8, 4) is 5.69 Å². The molecule has 0 amide bonds. The van der Waals surface area contributed by atoms with E-state index in [-0.39, 0.29) is 16.4 Å².